The van der Waals surface area contributed by atoms with Crippen LogP contribution in [0.3, 0.4) is 0 Å². The third-order valence-electron chi connectivity index (χ3n) is 2.10. The Morgan fingerprint density at radius 1 is 1.56 bits per heavy atom. The summed E-state index contributed by atoms with van der Waals surface area (Å²) in [7, 11) is 0. The van der Waals surface area contributed by atoms with Gasteiger partial charge in [-0.25, -0.2) is 4.79 Å². The Morgan fingerprint density at radius 3 is 2.72 bits per heavy atom. The largest absolute Gasteiger partial charge is 0.480 e. The average Bonchev–Trinajstić information content (AvgIpc) is 2.30. The summed E-state index contributed by atoms with van der Waals surface area (Å²) in [5, 5.41) is 10.9. The molecule has 0 aliphatic heterocycles. The van der Waals surface area contributed by atoms with Crippen LogP contribution in [0.1, 0.15) is 12.5 Å². The van der Waals surface area contributed by atoms with Gasteiger partial charge >= 0.3 is 6.03 Å². The number of aliphatic hydroxyl groups excluding tert-OH is 1. The van der Waals surface area contributed by atoms with E-state index in [2.05, 4.69) is 15.9 Å². The molecule has 1 atom stereocenters. The summed E-state index contributed by atoms with van der Waals surface area (Å²) in [5.74, 6) is -0.194. The molecule has 0 aliphatic rings. The number of rotatable bonds is 4. The molecule has 1 aromatic rings. The van der Waals surface area contributed by atoms with Crippen molar-refractivity contribution in [2.24, 2.45) is 5.73 Å². The molecule has 0 radical (unpaired) electrons. The number of primary amides is 1. The first kappa shape index (κ1) is 14.5. The molecule has 3 amide bonds. The number of hydrogen-bond acceptors (Lipinski definition) is 4. The molecule has 0 aromatic heterocycles. The van der Waals surface area contributed by atoms with Crippen molar-refractivity contribution in [1.82, 2.24) is 5.32 Å². The van der Waals surface area contributed by atoms with E-state index in [0.29, 0.717) is 15.8 Å². The maximum atomic E-state index is 11.4. The second-order valence-corrected chi connectivity index (χ2v) is 4.39. The molecule has 0 saturated heterocycles. The first-order valence-electron chi connectivity index (χ1n) is 5.10. The molecule has 98 valence electrons. The van der Waals surface area contributed by atoms with Crippen molar-refractivity contribution in [3.8, 4) is 5.75 Å². The number of carbonyl (C=O) groups excluding carboxylic acids is 2. The van der Waals surface area contributed by atoms with Gasteiger partial charge in [-0.05, 0) is 40.5 Å². The van der Waals surface area contributed by atoms with Crippen LogP contribution < -0.4 is 15.8 Å². The summed E-state index contributed by atoms with van der Waals surface area (Å²) >= 11 is 3.26. The second kappa shape index (κ2) is 6.36. The minimum atomic E-state index is -0.926. The first-order valence-corrected chi connectivity index (χ1v) is 5.89. The third kappa shape index (κ3) is 4.01. The van der Waals surface area contributed by atoms with Crippen LogP contribution in [-0.4, -0.2) is 23.1 Å². The highest BCUT2D eigenvalue weighted by Gasteiger charge is 2.17. The van der Waals surface area contributed by atoms with Crippen LogP contribution >= 0.6 is 15.9 Å². The smallest absolute Gasteiger partial charge is 0.318 e. The topological polar surface area (TPSA) is 102 Å². The summed E-state index contributed by atoms with van der Waals surface area (Å²) < 4.78 is 5.96. The Balaban J connectivity index is 2.72. The zero-order valence-corrected chi connectivity index (χ0v) is 11.2. The van der Waals surface area contributed by atoms with E-state index in [1.54, 1.807) is 18.2 Å². The lowest BCUT2D eigenvalue weighted by atomic mass is 10.2. The number of hydrogen-bond donors (Lipinski definition) is 3. The van der Waals surface area contributed by atoms with Crippen molar-refractivity contribution in [2.75, 3.05) is 0 Å². The molecule has 0 aliphatic carbocycles. The summed E-state index contributed by atoms with van der Waals surface area (Å²) in [5.41, 5.74) is 5.54. The van der Waals surface area contributed by atoms with Crippen LogP contribution in [0.15, 0.2) is 22.7 Å². The van der Waals surface area contributed by atoms with E-state index in [4.69, 9.17) is 15.6 Å². The van der Waals surface area contributed by atoms with Gasteiger partial charge in [-0.2, -0.15) is 0 Å². The number of nitrogens with one attached hydrogen (secondary N) is 1. The Morgan fingerprint density at radius 2 is 2.22 bits per heavy atom. The lowest BCUT2D eigenvalue weighted by molar-refractivity contribution is -0.126. The molecular weight excluding hydrogens is 304 g/mol. The molecule has 1 unspecified atom stereocenters. The Kier molecular flexibility index (Phi) is 5.11. The second-order valence-electron chi connectivity index (χ2n) is 3.54. The standard InChI is InChI=1S/C11H13BrN2O4/c1-6(10(16)14-11(13)17)18-9-3-2-7(5-15)4-8(9)12/h2-4,6,15H,5H2,1H3,(H3,13,14,16,17). The summed E-state index contributed by atoms with van der Waals surface area (Å²) in [6.45, 7) is 1.40. The van der Waals surface area contributed by atoms with E-state index >= 15 is 0 Å². The highest BCUT2D eigenvalue weighted by atomic mass is 79.9. The number of amides is 3. The van der Waals surface area contributed by atoms with Crippen molar-refractivity contribution in [1.29, 1.82) is 0 Å². The van der Waals surface area contributed by atoms with E-state index in [-0.39, 0.29) is 6.61 Å². The normalized spacial score (nSPS) is 11.7. The van der Waals surface area contributed by atoms with Crippen LogP contribution in [-0.2, 0) is 11.4 Å². The Hall–Kier alpha value is -1.60. The van der Waals surface area contributed by atoms with Gasteiger partial charge in [0.1, 0.15) is 5.75 Å². The molecule has 0 bridgehead atoms. The van der Waals surface area contributed by atoms with E-state index in [1.807, 2.05) is 5.32 Å². The van der Waals surface area contributed by atoms with Gasteiger partial charge in [-0.1, -0.05) is 6.07 Å². The zero-order valence-electron chi connectivity index (χ0n) is 9.64. The molecule has 7 heteroatoms. The molecule has 1 rings (SSSR count). The van der Waals surface area contributed by atoms with E-state index in [9.17, 15) is 9.59 Å². The highest BCUT2D eigenvalue weighted by Crippen LogP contribution is 2.26. The Bertz CT molecular complexity index is 464. The maximum Gasteiger partial charge on any atom is 0.318 e. The predicted octanol–water partition coefficient (Wildman–Crippen LogP) is 0.904. The van der Waals surface area contributed by atoms with Gasteiger partial charge < -0.3 is 15.6 Å². The number of benzene rings is 1. The van der Waals surface area contributed by atoms with Crippen LogP contribution in [0.25, 0.3) is 0 Å². The van der Waals surface area contributed by atoms with Gasteiger partial charge in [0.05, 0.1) is 11.1 Å². The van der Waals surface area contributed by atoms with Crippen LogP contribution in [0.5, 0.6) is 5.75 Å². The van der Waals surface area contributed by atoms with Gasteiger partial charge in [0.15, 0.2) is 6.10 Å². The highest BCUT2D eigenvalue weighted by molar-refractivity contribution is 9.10. The third-order valence-corrected chi connectivity index (χ3v) is 2.72. The van der Waals surface area contributed by atoms with Crippen LogP contribution in [0, 0.1) is 0 Å². The van der Waals surface area contributed by atoms with E-state index < -0.39 is 18.0 Å². The van der Waals surface area contributed by atoms with E-state index in [0.717, 1.165) is 0 Å². The fourth-order valence-electron chi connectivity index (χ4n) is 1.21. The number of imide groups is 1. The molecule has 1 aromatic carbocycles. The zero-order chi connectivity index (χ0) is 13.7. The number of ether oxygens (including phenoxy) is 1. The van der Waals surface area contributed by atoms with Gasteiger partial charge in [-0.3, -0.25) is 10.1 Å². The minimum Gasteiger partial charge on any atom is -0.480 e. The molecule has 0 fully saturated rings. The van der Waals surface area contributed by atoms with Crippen molar-refractivity contribution in [2.45, 2.75) is 19.6 Å². The lowest BCUT2D eigenvalue weighted by Gasteiger charge is -2.15. The SMILES string of the molecule is CC(Oc1ccc(CO)cc1Br)C(=O)NC(N)=O. The molecule has 0 spiro atoms. The quantitative estimate of drug-likeness (QED) is 0.768. The van der Waals surface area contributed by atoms with Gasteiger partial charge in [0.2, 0.25) is 0 Å². The lowest BCUT2D eigenvalue weighted by Crippen LogP contribution is -2.42. The first-order chi connectivity index (χ1) is 8.43. The Labute approximate surface area is 112 Å². The van der Waals surface area contributed by atoms with E-state index in [1.165, 1.54) is 6.92 Å². The minimum absolute atomic E-state index is 0.0867. The maximum absolute atomic E-state index is 11.4. The molecule has 6 nitrogen and oxygen atoms in total. The van der Waals surface area contributed by atoms with Gasteiger partial charge in [0, 0.05) is 0 Å². The molecule has 4 N–H and O–H groups in total. The summed E-state index contributed by atoms with van der Waals surface area (Å²) in [6.07, 6.45) is -0.867. The number of urea groups is 1. The van der Waals surface area contributed by atoms with Crippen molar-refractivity contribution in [3.63, 3.8) is 0 Å². The number of halogens is 1. The van der Waals surface area contributed by atoms with Crippen LogP contribution in [0.4, 0.5) is 4.79 Å². The molecular formula is C11H13BrN2O4. The molecule has 0 saturated carbocycles. The van der Waals surface area contributed by atoms with Crippen molar-refractivity contribution in [3.05, 3.63) is 28.2 Å². The van der Waals surface area contributed by atoms with Crippen molar-refractivity contribution >= 4 is 27.9 Å². The van der Waals surface area contributed by atoms with Gasteiger partial charge in [-0.15, -0.1) is 0 Å². The average molecular weight is 317 g/mol. The number of carbonyl (C=O) groups is 2. The summed E-state index contributed by atoms with van der Waals surface area (Å²) in [4.78, 5) is 21.9. The molecule has 0 heterocycles. The predicted molar refractivity (Wildman–Crippen MR) is 67.9 cm³/mol. The van der Waals surface area contributed by atoms with Crippen molar-refractivity contribution < 1.29 is 19.4 Å². The number of aliphatic hydroxyl groups is 1. The summed E-state index contributed by atoms with van der Waals surface area (Å²) in [6, 6.07) is 4.03. The monoisotopic (exact) mass is 316 g/mol. The molecule has 18 heavy (non-hydrogen) atoms. The van der Waals surface area contributed by atoms with Crippen LogP contribution in [0.2, 0.25) is 0 Å². The van der Waals surface area contributed by atoms with Gasteiger partial charge in [0.25, 0.3) is 5.91 Å². The number of nitrogens with two attached hydrogens (primary N) is 1. The fourth-order valence-corrected chi connectivity index (χ4v) is 1.72. The fraction of sp³-hybridized carbons (Fsp3) is 0.273.